The number of rotatable bonds is 2. The number of halogens is 1. The molecule has 1 aromatic rings. The molecular formula is C10H15ClN+. The van der Waals surface area contributed by atoms with Crippen LogP contribution in [0.15, 0.2) is 24.3 Å². The Hall–Kier alpha value is -0.530. The van der Waals surface area contributed by atoms with Gasteiger partial charge in [-0.25, -0.2) is 0 Å². The Kier molecular flexibility index (Phi) is 2.76. The first-order valence-corrected chi connectivity index (χ1v) is 4.54. The zero-order valence-corrected chi connectivity index (χ0v) is 8.60. The second-order valence-electron chi connectivity index (χ2n) is 3.81. The summed E-state index contributed by atoms with van der Waals surface area (Å²) in [6.07, 6.45) is 0. The summed E-state index contributed by atoms with van der Waals surface area (Å²) in [5.41, 5.74) is 2.47. The molecule has 0 saturated heterocycles. The van der Waals surface area contributed by atoms with E-state index in [1.54, 1.807) is 0 Å². The van der Waals surface area contributed by atoms with Crippen molar-refractivity contribution in [3.8, 4) is 0 Å². The molecule has 0 atom stereocenters. The van der Waals surface area contributed by atoms with E-state index < -0.39 is 0 Å². The molecule has 0 N–H and O–H groups in total. The maximum Gasteiger partial charge on any atom is 0.132 e. The zero-order chi connectivity index (χ0) is 9.19. The van der Waals surface area contributed by atoms with E-state index in [4.69, 9.17) is 11.6 Å². The van der Waals surface area contributed by atoms with Gasteiger partial charge in [-0.2, -0.15) is 0 Å². The number of alkyl halides is 1. The summed E-state index contributed by atoms with van der Waals surface area (Å²) < 4.78 is 0.850. The van der Waals surface area contributed by atoms with Crippen molar-refractivity contribution in [2.45, 2.75) is 5.88 Å². The summed E-state index contributed by atoms with van der Waals surface area (Å²) in [5, 5.41) is 0. The Labute approximate surface area is 79.2 Å². The monoisotopic (exact) mass is 184 g/mol. The summed E-state index contributed by atoms with van der Waals surface area (Å²) >= 11 is 5.69. The van der Waals surface area contributed by atoms with Crippen LogP contribution < -0.4 is 4.48 Å². The Bertz CT molecular complexity index is 246. The number of nitrogens with zero attached hydrogens (tertiary/aromatic N) is 1. The van der Waals surface area contributed by atoms with E-state index in [9.17, 15) is 0 Å². The highest BCUT2D eigenvalue weighted by Gasteiger charge is 2.10. The van der Waals surface area contributed by atoms with Crippen LogP contribution in [0.4, 0.5) is 5.69 Å². The molecule has 0 saturated carbocycles. The molecule has 0 aliphatic rings. The molecule has 1 nitrogen and oxygen atoms in total. The van der Waals surface area contributed by atoms with Gasteiger partial charge in [0.05, 0.1) is 21.1 Å². The van der Waals surface area contributed by atoms with Gasteiger partial charge in [-0.15, -0.1) is 11.6 Å². The van der Waals surface area contributed by atoms with Gasteiger partial charge in [0.1, 0.15) is 5.69 Å². The molecule has 2 heteroatoms. The molecule has 0 amide bonds. The number of quaternary nitrogens is 1. The van der Waals surface area contributed by atoms with E-state index in [2.05, 4.69) is 45.4 Å². The van der Waals surface area contributed by atoms with Crippen LogP contribution in [-0.4, -0.2) is 21.1 Å². The predicted molar refractivity (Wildman–Crippen MR) is 55.6 cm³/mol. The van der Waals surface area contributed by atoms with Crippen molar-refractivity contribution in [3.05, 3.63) is 29.8 Å². The Morgan fingerprint density at radius 3 is 1.92 bits per heavy atom. The molecule has 0 fully saturated rings. The van der Waals surface area contributed by atoms with Crippen LogP contribution in [0.1, 0.15) is 5.56 Å². The lowest BCUT2D eigenvalue weighted by Crippen LogP contribution is -2.34. The van der Waals surface area contributed by atoms with Crippen molar-refractivity contribution < 1.29 is 0 Å². The minimum absolute atomic E-state index is 0.595. The van der Waals surface area contributed by atoms with Gasteiger partial charge < -0.3 is 0 Å². The van der Waals surface area contributed by atoms with Gasteiger partial charge in [0.25, 0.3) is 0 Å². The topological polar surface area (TPSA) is 0 Å². The molecule has 0 radical (unpaired) electrons. The summed E-state index contributed by atoms with van der Waals surface area (Å²) in [6.45, 7) is 0. The average molecular weight is 185 g/mol. The highest BCUT2D eigenvalue weighted by atomic mass is 35.5. The van der Waals surface area contributed by atoms with Crippen LogP contribution >= 0.6 is 11.6 Å². The van der Waals surface area contributed by atoms with E-state index in [1.807, 2.05) is 0 Å². The van der Waals surface area contributed by atoms with E-state index in [0.717, 1.165) is 4.48 Å². The van der Waals surface area contributed by atoms with Crippen molar-refractivity contribution in [1.29, 1.82) is 0 Å². The van der Waals surface area contributed by atoms with Gasteiger partial charge in [0.2, 0.25) is 0 Å². The van der Waals surface area contributed by atoms with Crippen molar-refractivity contribution >= 4 is 17.3 Å². The minimum atomic E-state index is 0.595. The van der Waals surface area contributed by atoms with E-state index in [1.165, 1.54) is 11.3 Å². The van der Waals surface area contributed by atoms with Crippen molar-refractivity contribution in [1.82, 2.24) is 4.48 Å². The van der Waals surface area contributed by atoms with Gasteiger partial charge in [0.15, 0.2) is 0 Å². The van der Waals surface area contributed by atoms with Crippen LogP contribution in [0.3, 0.4) is 0 Å². The normalized spacial score (nSPS) is 11.7. The number of hydrogen-bond acceptors (Lipinski definition) is 0. The van der Waals surface area contributed by atoms with Gasteiger partial charge in [-0.05, 0) is 17.7 Å². The minimum Gasteiger partial charge on any atom is -0.298 e. The summed E-state index contributed by atoms with van der Waals surface area (Å²) in [4.78, 5) is 0. The SMILES string of the molecule is C[N+](C)(C)c1ccc(CCl)cc1. The van der Waals surface area contributed by atoms with Crippen LogP contribution in [0.5, 0.6) is 0 Å². The van der Waals surface area contributed by atoms with Gasteiger partial charge in [0, 0.05) is 5.88 Å². The van der Waals surface area contributed by atoms with Gasteiger partial charge >= 0.3 is 0 Å². The van der Waals surface area contributed by atoms with E-state index >= 15 is 0 Å². The molecule has 0 aliphatic heterocycles. The molecular weight excluding hydrogens is 170 g/mol. The van der Waals surface area contributed by atoms with E-state index in [-0.39, 0.29) is 0 Å². The molecule has 1 aromatic carbocycles. The fourth-order valence-corrected chi connectivity index (χ4v) is 1.21. The molecule has 0 heterocycles. The zero-order valence-electron chi connectivity index (χ0n) is 7.84. The maximum absolute atomic E-state index is 5.69. The summed E-state index contributed by atoms with van der Waals surface area (Å²) in [7, 11) is 6.45. The van der Waals surface area contributed by atoms with Crippen molar-refractivity contribution in [2.24, 2.45) is 0 Å². The van der Waals surface area contributed by atoms with Crippen LogP contribution in [-0.2, 0) is 5.88 Å². The smallest absolute Gasteiger partial charge is 0.132 e. The molecule has 0 aliphatic carbocycles. The van der Waals surface area contributed by atoms with Crippen LogP contribution in [0, 0.1) is 0 Å². The quantitative estimate of drug-likeness (QED) is 0.490. The molecule has 0 aromatic heterocycles. The van der Waals surface area contributed by atoms with Crippen molar-refractivity contribution in [2.75, 3.05) is 21.1 Å². The largest absolute Gasteiger partial charge is 0.298 e. The third kappa shape index (κ3) is 2.23. The van der Waals surface area contributed by atoms with Crippen molar-refractivity contribution in [3.63, 3.8) is 0 Å². The lowest BCUT2D eigenvalue weighted by Gasteiger charge is -2.23. The second-order valence-corrected chi connectivity index (χ2v) is 4.08. The molecule has 66 valence electrons. The first kappa shape index (κ1) is 9.56. The third-order valence-electron chi connectivity index (χ3n) is 1.87. The molecule has 0 bridgehead atoms. The Morgan fingerprint density at radius 2 is 1.58 bits per heavy atom. The summed E-state index contributed by atoms with van der Waals surface area (Å²) in [6, 6.07) is 8.40. The fourth-order valence-electron chi connectivity index (χ4n) is 1.03. The predicted octanol–water partition coefficient (Wildman–Crippen LogP) is 2.62. The second kappa shape index (κ2) is 3.46. The lowest BCUT2D eigenvalue weighted by atomic mass is 10.2. The van der Waals surface area contributed by atoms with Gasteiger partial charge in [-0.1, -0.05) is 12.1 Å². The fraction of sp³-hybridized carbons (Fsp3) is 0.400. The summed E-state index contributed by atoms with van der Waals surface area (Å²) in [5.74, 6) is 0.595. The molecule has 0 spiro atoms. The number of benzene rings is 1. The first-order valence-electron chi connectivity index (χ1n) is 4.01. The highest BCUT2D eigenvalue weighted by Crippen LogP contribution is 2.17. The molecule has 12 heavy (non-hydrogen) atoms. The molecule has 0 unspecified atom stereocenters. The van der Waals surface area contributed by atoms with Crippen LogP contribution in [0.2, 0.25) is 0 Å². The van der Waals surface area contributed by atoms with Gasteiger partial charge in [-0.3, -0.25) is 4.48 Å². The standard InChI is InChI=1S/C10H15ClN/c1-12(2,3)10-6-4-9(8-11)5-7-10/h4-7H,8H2,1-3H3/q+1. The first-order chi connectivity index (χ1) is 5.54. The van der Waals surface area contributed by atoms with Crippen LogP contribution in [0.25, 0.3) is 0 Å². The van der Waals surface area contributed by atoms with E-state index in [0.29, 0.717) is 5.88 Å². The maximum atomic E-state index is 5.69. The third-order valence-corrected chi connectivity index (χ3v) is 2.17. The highest BCUT2D eigenvalue weighted by molar-refractivity contribution is 6.17. The molecule has 1 rings (SSSR count). The Balaban J connectivity index is 2.93. The Morgan fingerprint density at radius 1 is 1.08 bits per heavy atom. The number of hydrogen-bond donors (Lipinski definition) is 0. The average Bonchev–Trinajstić information content (AvgIpc) is 2.03. The lowest BCUT2D eigenvalue weighted by molar-refractivity contribution is 0.486.